The Kier molecular flexibility index (Phi) is 9.57. The number of aromatic amines is 1. The number of rotatable bonds is 11. The Bertz CT molecular complexity index is 1460. The minimum atomic E-state index is -5.81. The van der Waals surface area contributed by atoms with Crippen molar-refractivity contribution in [3.05, 3.63) is 62.7 Å². The van der Waals surface area contributed by atoms with E-state index in [1.54, 1.807) is 12.1 Å². The summed E-state index contributed by atoms with van der Waals surface area (Å²) in [4.78, 5) is 78.5. The molecule has 8 N–H and O–H groups in total. The van der Waals surface area contributed by atoms with Gasteiger partial charge in [0.2, 0.25) is 0 Å². The monoisotopic (exact) mass is 618 g/mol. The van der Waals surface area contributed by atoms with Crippen LogP contribution in [-0.4, -0.2) is 75.1 Å². The van der Waals surface area contributed by atoms with Crippen molar-refractivity contribution in [2.24, 2.45) is 0 Å². The lowest BCUT2D eigenvalue weighted by Crippen LogP contribution is -2.41. The van der Waals surface area contributed by atoms with Crippen LogP contribution in [0.15, 0.2) is 40.3 Å². The number of hydrogen-bond acceptors (Lipinski definition) is 13. The molecular weight excluding hydrogens is 597 g/mol. The highest BCUT2D eigenvalue weighted by atomic mass is 31.3. The number of aliphatic hydroxyl groups excluding tert-OH is 2. The predicted molar refractivity (Wildman–Crippen MR) is 122 cm³/mol. The smallest absolute Gasteiger partial charge is 0.387 e. The molecule has 0 radical (unpaired) electrons. The third-order valence-corrected chi connectivity index (χ3v) is 8.65. The third kappa shape index (κ3) is 8.54. The van der Waals surface area contributed by atoms with E-state index in [2.05, 4.69) is 23.4 Å². The number of aromatic nitrogens is 3. The number of carbonyl (C=O) groups excluding carboxylic acids is 1. The van der Waals surface area contributed by atoms with E-state index in [1.165, 1.54) is 12.4 Å². The van der Waals surface area contributed by atoms with Gasteiger partial charge >= 0.3 is 29.2 Å². The van der Waals surface area contributed by atoms with Crippen LogP contribution in [0.25, 0.3) is 0 Å². The van der Waals surface area contributed by atoms with Gasteiger partial charge in [-0.25, -0.2) is 18.5 Å². The zero-order valence-electron chi connectivity index (χ0n) is 19.1. The Morgan fingerprint density at radius 1 is 1.05 bits per heavy atom. The first kappa shape index (κ1) is 31.1. The number of phosphoric ester groups is 1. The largest absolute Gasteiger partial charge is 0.490 e. The molecule has 39 heavy (non-hydrogen) atoms. The molecule has 2 unspecified atom stereocenters. The maximum atomic E-state index is 12.5. The Hall–Kier alpha value is -2.41. The summed E-state index contributed by atoms with van der Waals surface area (Å²) in [5.74, 6) is -0.918. The molecule has 1 amide bonds. The van der Waals surface area contributed by atoms with Crippen LogP contribution in [-0.2, 0) is 38.1 Å². The van der Waals surface area contributed by atoms with Crippen molar-refractivity contribution in [2.75, 3.05) is 6.61 Å². The number of nitrogens with one attached hydrogen (secondary N) is 2. The fourth-order valence-corrected chi connectivity index (χ4v) is 6.21. The molecule has 6 atom stereocenters. The topological polar surface area (TPSA) is 306 Å². The van der Waals surface area contributed by atoms with Gasteiger partial charge in [-0.05, 0) is 17.7 Å². The van der Waals surface area contributed by atoms with Crippen molar-refractivity contribution in [2.45, 2.75) is 31.1 Å². The summed E-state index contributed by atoms with van der Waals surface area (Å²) in [6, 6.07) is 3.19. The second kappa shape index (κ2) is 12.0. The first-order chi connectivity index (χ1) is 18.0. The van der Waals surface area contributed by atoms with Crippen molar-refractivity contribution < 1.29 is 66.2 Å². The van der Waals surface area contributed by atoms with E-state index in [0.29, 0.717) is 10.1 Å². The predicted octanol–water partition coefficient (Wildman–Crippen LogP) is -2.18. The van der Waals surface area contributed by atoms with Gasteiger partial charge in [0.25, 0.3) is 11.5 Å². The molecule has 1 aliphatic rings. The molecule has 2 aromatic heterocycles. The molecule has 0 saturated carbocycles. The molecule has 0 bridgehead atoms. The van der Waals surface area contributed by atoms with Crippen molar-refractivity contribution in [3.63, 3.8) is 0 Å². The number of amides is 1. The van der Waals surface area contributed by atoms with E-state index in [0.717, 1.165) is 6.20 Å². The molecule has 23 heteroatoms. The molecule has 1 saturated heterocycles. The van der Waals surface area contributed by atoms with Gasteiger partial charge in [0.15, 0.2) is 6.23 Å². The molecule has 0 spiro atoms. The molecular formula is C16H21N4O16P3. The van der Waals surface area contributed by atoms with Crippen molar-refractivity contribution in [1.82, 2.24) is 19.9 Å². The van der Waals surface area contributed by atoms with Gasteiger partial charge in [0.05, 0.1) is 6.61 Å². The van der Waals surface area contributed by atoms with Crippen LogP contribution in [0.2, 0.25) is 0 Å². The van der Waals surface area contributed by atoms with Crippen molar-refractivity contribution >= 4 is 29.4 Å². The zero-order valence-corrected chi connectivity index (χ0v) is 21.8. The summed E-state index contributed by atoms with van der Waals surface area (Å²) < 4.78 is 51.3. The van der Waals surface area contributed by atoms with Crippen LogP contribution in [0.5, 0.6) is 0 Å². The summed E-state index contributed by atoms with van der Waals surface area (Å²) in [5.41, 5.74) is -2.19. The molecule has 0 aliphatic carbocycles. The number of pyridine rings is 1. The van der Waals surface area contributed by atoms with E-state index in [1.807, 2.05) is 4.98 Å². The van der Waals surface area contributed by atoms with Crippen LogP contribution in [0.1, 0.15) is 22.1 Å². The Morgan fingerprint density at radius 3 is 2.31 bits per heavy atom. The molecule has 1 fully saturated rings. The SMILES string of the molecule is O=C(NCc1ccncc1)c1cn([C@@H]2O[C@H](COP(=O)(O)OP(=O)(O)OP(=O)(O)O)[C@@H](O)[C@H]2O)c(=O)[nH]c1=O. The zero-order chi connectivity index (χ0) is 29.2. The summed E-state index contributed by atoms with van der Waals surface area (Å²) in [6.07, 6.45) is -3.66. The fourth-order valence-electron chi connectivity index (χ4n) is 3.18. The quantitative estimate of drug-likeness (QED) is 0.124. The van der Waals surface area contributed by atoms with Crippen molar-refractivity contribution in [1.29, 1.82) is 0 Å². The first-order valence-corrected chi connectivity index (χ1v) is 14.8. The first-order valence-electron chi connectivity index (χ1n) is 10.3. The number of nitrogens with zero attached hydrogens (tertiary/aromatic N) is 2. The van der Waals surface area contributed by atoms with E-state index in [9.17, 15) is 48.1 Å². The lowest BCUT2D eigenvalue weighted by Gasteiger charge is -2.19. The van der Waals surface area contributed by atoms with Crippen LogP contribution in [0, 0.1) is 0 Å². The standard InChI is InChI=1S/C16H21N4O16P3/c21-11-10(7-33-38(29,30)36-39(31,32)35-37(26,27)28)34-15(12(11)22)20-6-9(14(24)19-16(20)25)13(23)18-5-8-1-3-17-4-2-8/h1-4,6,10-12,15,21-22H,5,7H2,(H,18,23)(H,29,30)(H,31,32)(H,19,24,25)(H2,26,27,28)/t10-,11-,12-,15-/m1/s1. The Morgan fingerprint density at radius 2 is 1.69 bits per heavy atom. The molecule has 0 aromatic carbocycles. The van der Waals surface area contributed by atoms with Crippen LogP contribution >= 0.6 is 23.5 Å². The second-order valence-corrected chi connectivity index (χ2v) is 12.1. The average molecular weight is 618 g/mol. The summed E-state index contributed by atoms with van der Waals surface area (Å²) in [6.45, 7) is -1.15. The van der Waals surface area contributed by atoms with Gasteiger partial charge in [0.1, 0.15) is 23.9 Å². The number of carbonyl (C=O) groups is 1. The molecule has 216 valence electrons. The van der Waals surface area contributed by atoms with E-state index in [-0.39, 0.29) is 6.54 Å². The number of aliphatic hydroxyl groups is 2. The minimum Gasteiger partial charge on any atom is -0.387 e. The molecule has 3 heterocycles. The molecule has 20 nitrogen and oxygen atoms in total. The van der Waals surface area contributed by atoms with Gasteiger partial charge in [-0.1, -0.05) is 0 Å². The lowest BCUT2D eigenvalue weighted by atomic mass is 10.1. The van der Waals surface area contributed by atoms with Crippen LogP contribution in [0.3, 0.4) is 0 Å². The number of ether oxygens (including phenoxy) is 1. The fraction of sp³-hybridized carbons (Fsp3) is 0.375. The second-order valence-electron chi connectivity index (χ2n) is 7.68. The highest BCUT2D eigenvalue weighted by Gasteiger charge is 2.47. The molecule has 1 aliphatic heterocycles. The summed E-state index contributed by atoms with van der Waals surface area (Å²) in [7, 11) is -17.0. The lowest BCUT2D eigenvalue weighted by molar-refractivity contribution is -0.0543. The Balaban J connectivity index is 1.72. The van der Waals surface area contributed by atoms with E-state index in [4.69, 9.17) is 14.5 Å². The molecule has 2 aromatic rings. The highest BCUT2D eigenvalue weighted by Crippen LogP contribution is 2.66. The maximum Gasteiger partial charge on any atom is 0.490 e. The average Bonchev–Trinajstić information content (AvgIpc) is 3.08. The van der Waals surface area contributed by atoms with Gasteiger partial charge in [-0.3, -0.25) is 28.6 Å². The van der Waals surface area contributed by atoms with Gasteiger partial charge < -0.3 is 39.8 Å². The Labute approximate surface area is 216 Å². The van der Waals surface area contributed by atoms with Crippen LogP contribution in [0.4, 0.5) is 0 Å². The van der Waals surface area contributed by atoms with Crippen molar-refractivity contribution in [3.8, 4) is 0 Å². The highest BCUT2D eigenvalue weighted by molar-refractivity contribution is 7.66. The number of hydrogen-bond donors (Lipinski definition) is 8. The normalized spacial score (nSPS) is 24.6. The third-order valence-electron chi connectivity index (χ3n) is 4.84. The van der Waals surface area contributed by atoms with Gasteiger partial charge in [-0.15, -0.1) is 0 Å². The number of phosphoric acid groups is 3. The summed E-state index contributed by atoms with van der Waals surface area (Å²) >= 11 is 0. The minimum absolute atomic E-state index is 0.0101. The van der Waals surface area contributed by atoms with E-state index < -0.39 is 77.3 Å². The van der Waals surface area contributed by atoms with Gasteiger partial charge in [0, 0.05) is 25.1 Å². The maximum absolute atomic E-state index is 12.5. The number of H-pyrrole nitrogens is 1. The summed E-state index contributed by atoms with van der Waals surface area (Å²) in [5, 5.41) is 23.0. The van der Waals surface area contributed by atoms with Gasteiger partial charge in [-0.2, -0.15) is 8.62 Å². The van der Waals surface area contributed by atoms with E-state index >= 15 is 0 Å². The van der Waals surface area contributed by atoms with Crippen LogP contribution < -0.4 is 16.6 Å². The molecule has 3 rings (SSSR count).